The molecule has 4 rings (SSSR count). The third-order valence-electron chi connectivity index (χ3n) is 5.03. The predicted molar refractivity (Wildman–Crippen MR) is 123 cm³/mol. The van der Waals surface area contributed by atoms with Crippen LogP contribution in [0.1, 0.15) is 26.4 Å². The van der Waals surface area contributed by atoms with Gasteiger partial charge >= 0.3 is 6.18 Å². The summed E-state index contributed by atoms with van der Waals surface area (Å²) >= 11 is 0. The SMILES string of the molecule is CN(C)C(=O)c1cc(Oc2ccc3c(C(=O)Nc4cccc(C(F)(F)F)c4)cccc3c2)ncn1. The number of carbonyl (C=O) groups is 2. The average molecular weight is 480 g/mol. The minimum atomic E-state index is -4.51. The molecule has 0 atom stereocenters. The van der Waals surface area contributed by atoms with E-state index in [9.17, 15) is 22.8 Å². The number of hydrogen-bond acceptors (Lipinski definition) is 5. The standard InChI is InChI=1S/C25H19F3N4O3/c1-32(2)24(34)21-13-22(30-14-29-21)35-18-9-10-19-15(11-18)5-3-8-20(19)23(33)31-17-7-4-6-16(12-17)25(26,27)28/h3-14H,1-2H3,(H,31,33). The van der Waals surface area contributed by atoms with E-state index in [0.29, 0.717) is 16.5 Å². The highest BCUT2D eigenvalue weighted by molar-refractivity contribution is 6.13. The Hall–Kier alpha value is -4.47. The van der Waals surface area contributed by atoms with Crippen LogP contribution in [0, 0.1) is 0 Å². The smallest absolute Gasteiger partial charge is 0.416 e. The van der Waals surface area contributed by atoms with Gasteiger partial charge in [0.1, 0.15) is 17.8 Å². The van der Waals surface area contributed by atoms with Crippen molar-refractivity contribution in [3.8, 4) is 11.6 Å². The van der Waals surface area contributed by atoms with Crippen molar-refractivity contribution >= 4 is 28.3 Å². The molecule has 1 aromatic heterocycles. The van der Waals surface area contributed by atoms with Crippen molar-refractivity contribution in [2.75, 3.05) is 19.4 Å². The van der Waals surface area contributed by atoms with Gasteiger partial charge in [0, 0.05) is 31.4 Å². The molecule has 0 bridgehead atoms. The Balaban J connectivity index is 1.57. The zero-order valence-corrected chi connectivity index (χ0v) is 18.6. The summed E-state index contributed by atoms with van der Waals surface area (Å²) in [7, 11) is 3.21. The fraction of sp³-hybridized carbons (Fsp3) is 0.120. The summed E-state index contributed by atoms with van der Waals surface area (Å²) in [6.45, 7) is 0. The molecule has 0 aliphatic carbocycles. The predicted octanol–water partition coefficient (Wildman–Crippen LogP) is 5.40. The van der Waals surface area contributed by atoms with Crippen molar-refractivity contribution in [3.05, 3.63) is 89.9 Å². The van der Waals surface area contributed by atoms with Gasteiger partial charge in [-0.1, -0.05) is 18.2 Å². The normalized spacial score (nSPS) is 11.2. The summed E-state index contributed by atoms with van der Waals surface area (Å²) in [5.41, 5.74) is -0.356. The Morgan fingerprint density at radius 3 is 2.46 bits per heavy atom. The van der Waals surface area contributed by atoms with E-state index < -0.39 is 17.6 Å². The number of nitrogens with zero attached hydrogens (tertiary/aromatic N) is 3. The van der Waals surface area contributed by atoms with Crippen LogP contribution in [0.5, 0.6) is 11.6 Å². The molecular weight excluding hydrogens is 461 g/mol. The molecule has 0 aliphatic heterocycles. The zero-order valence-electron chi connectivity index (χ0n) is 18.6. The number of rotatable bonds is 5. The van der Waals surface area contributed by atoms with Gasteiger partial charge in [-0.3, -0.25) is 9.59 Å². The summed E-state index contributed by atoms with van der Waals surface area (Å²) in [5, 5.41) is 3.76. The Morgan fingerprint density at radius 2 is 1.71 bits per heavy atom. The first-order valence-corrected chi connectivity index (χ1v) is 10.3. The number of alkyl halides is 3. The first kappa shape index (κ1) is 23.7. The third-order valence-corrected chi connectivity index (χ3v) is 5.03. The molecule has 3 aromatic carbocycles. The minimum Gasteiger partial charge on any atom is -0.439 e. The van der Waals surface area contributed by atoms with Crippen LogP contribution in [0.15, 0.2) is 73.1 Å². The number of anilines is 1. The molecule has 0 spiro atoms. The molecule has 0 saturated heterocycles. The van der Waals surface area contributed by atoms with Gasteiger partial charge in [0.05, 0.1) is 5.56 Å². The Labute approximate surface area is 198 Å². The van der Waals surface area contributed by atoms with Crippen molar-refractivity contribution in [2.24, 2.45) is 0 Å². The summed E-state index contributed by atoms with van der Waals surface area (Å²) in [6, 6.07) is 15.8. The first-order valence-electron chi connectivity index (χ1n) is 10.3. The van der Waals surface area contributed by atoms with Gasteiger partial charge in [0.15, 0.2) is 0 Å². The van der Waals surface area contributed by atoms with Crippen molar-refractivity contribution in [1.29, 1.82) is 0 Å². The number of benzene rings is 3. The van der Waals surface area contributed by atoms with Crippen LogP contribution < -0.4 is 10.1 Å². The van der Waals surface area contributed by atoms with E-state index in [-0.39, 0.29) is 28.7 Å². The molecule has 7 nitrogen and oxygen atoms in total. The van der Waals surface area contributed by atoms with E-state index in [0.717, 1.165) is 12.1 Å². The maximum atomic E-state index is 13.0. The number of carbonyl (C=O) groups excluding carboxylic acids is 2. The highest BCUT2D eigenvalue weighted by Crippen LogP contribution is 2.31. The van der Waals surface area contributed by atoms with Gasteiger partial charge in [-0.05, 0) is 53.2 Å². The molecule has 2 amide bonds. The van der Waals surface area contributed by atoms with Crippen molar-refractivity contribution in [2.45, 2.75) is 6.18 Å². The van der Waals surface area contributed by atoms with Gasteiger partial charge in [-0.2, -0.15) is 13.2 Å². The van der Waals surface area contributed by atoms with Crippen LogP contribution in [-0.4, -0.2) is 40.8 Å². The van der Waals surface area contributed by atoms with Crippen LogP contribution in [0.2, 0.25) is 0 Å². The van der Waals surface area contributed by atoms with Crippen LogP contribution >= 0.6 is 0 Å². The molecule has 0 saturated carbocycles. The number of aromatic nitrogens is 2. The molecule has 178 valence electrons. The van der Waals surface area contributed by atoms with Crippen LogP contribution in [0.3, 0.4) is 0 Å². The number of hydrogen-bond donors (Lipinski definition) is 1. The second-order valence-electron chi connectivity index (χ2n) is 7.76. The number of halogens is 3. The zero-order chi connectivity index (χ0) is 25.2. The average Bonchev–Trinajstić information content (AvgIpc) is 2.82. The lowest BCUT2D eigenvalue weighted by Gasteiger charge is -2.12. The van der Waals surface area contributed by atoms with E-state index in [1.54, 1.807) is 50.5 Å². The van der Waals surface area contributed by atoms with Crippen molar-refractivity contribution in [3.63, 3.8) is 0 Å². The molecule has 1 N–H and O–H groups in total. The minimum absolute atomic E-state index is 0.0358. The molecule has 1 heterocycles. The highest BCUT2D eigenvalue weighted by atomic mass is 19.4. The topological polar surface area (TPSA) is 84.4 Å². The molecule has 0 unspecified atom stereocenters. The maximum absolute atomic E-state index is 13.0. The van der Waals surface area contributed by atoms with Crippen molar-refractivity contribution < 1.29 is 27.5 Å². The van der Waals surface area contributed by atoms with E-state index in [4.69, 9.17) is 4.74 Å². The largest absolute Gasteiger partial charge is 0.439 e. The van der Waals surface area contributed by atoms with E-state index in [1.807, 2.05) is 0 Å². The number of ether oxygens (including phenoxy) is 1. The molecule has 10 heteroatoms. The molecule has 4 aromatic rings. The van der Waals surface area contributed by atoms with Crippen LogP contribution in [-0.2, 0) is 6.18 Å². The highest BCUT2D eigenvalue weighted by Gasteiger charge is 2.30. The molecule has 0 aliphatic rings. The second-order valence-corrected chi connectivity index (χ2v) is 7.76. The summed E-state index contributed by atoms with van der Waals surface area (Å²) in [6.07, 6.45) is -3.29. The Kier molecular flexibility index (Phi) is 6.37. The maximum Gasteiger partial charge on any atom is 0.416 e. The van der Waals surface area contributed by atoms with E-state index >= 15 is 0 Å². The number of fused-ring (bicyclic) bond motifs is 1. The summed E-state index contributed by atoms with van der Waals surface area (Å²) in [5.74, 6) is -0.267. The molecule has 35 heavy (non-hydrogen) atoms. The molecular formula is C25H19F3N4O3. The fourth-order valence-corrected chi connectivity index (χ4v) is 3.36. The lowest BCUT2D eigenvalue weighted by Crippen LogP contribution is -2.22. The van der Waals surface area contributed by atoms with Gasteiger partial charge in [-0.25, -0.2) is 9.97 Å². The van der Waals surface area contributed by atoms with Gasteiger partial charge in [0.2, 0.25) is 5.88 Å². The lowest BCUT2D eigenvalue weighted by molar-refractivity contribution is -0.137. The Morgan fingerprint density at radius 1 is 0.943 bits per heavy atom. The van der Waals surface area contributed by atoms with Gasteiger partial charge in [0.25, 0.3) is 11.8 Å². The number of nitrogens with one attached hydrogen (secondary N) is 1. The quantitative estimate of drug-likeness (QED) is 0.414. The first-order chi connectivity index (χ1) is 16.6. The van der Waals surface area contributed by atoms with Crippen LogP contribution in [0.4, 0.5) is 18.9 Å². The van der Waals surface area contributed by atoms with E-state index in [1.165, 1.54) is 29.4 Å². The second kappa shape index (κ2) is 9.41. The summed E-state index contributed by atoms with van der Waals surface area (Å²) < 4.78 is 44.7. The van der Waals surface area contributed by atoms with Gasteiger partial charge < -0.3 is 15.0 Å². The van der Waals surface area contributed by atoms with Crippen molar-refractivity contribution in [1.82, 2.24) is 14.9 Å². The lowest BCUT2D eigenvalue weighted by atomic mass is 10.0. The third kappa shape index (κ3) is 5.37. The van der Waals surface area contributed by atoms with Crippen LogP contribution in [0.25, 0.3) is 10.8 Å². The number of amides is 2. The van der Waals surface area contributed by atoms with Gasteiger partial charge in [-0.15, -0.1) is 0 Å². The Bertz CT molecular complexity index is 1420. The monoisotopic (exact) mass is 480 g/mol. The summed E-state index contributed by atoms with van der Waals surface area (Å²) in [4.78, 5) is 34.3. The van der Waals surface area contributed by atoms with E-state index in [2.05, 4.69) is 15.3 Å². The fourth-order valence-electron chi connectivity index (χ4n) is 3.36. The molecule has 0 radical (unpaired) electrons. The molecule has 0 fully saturated rings.